The molecule has 3 heterocycles. The molecule has 0 unspecified atom stereocenters. The minimum atomic E-state index is -0.0323. The van der Waals surface area contributed by atoms with Gasteiger partial charge in [0.25, 0.3) is 5.56 Å². The third-order valence-corrected chi connectivity index (χ3v) is 5.97. The maximum Gasteiger partial charge on any atom is 0.262 e. The molecule has 158 valence electrons. The fourth-order valence-electron chi connectivity index (χ4n) is 3.54. The lowest BCUT2D eigenvalue weighted by atomic mass is 10.2. The molecule has 30 heavy (non-hydrogen) atoms. The molecular formula is C21H26N6O2S. The SMILES string of the molecule is CCOCCCn1c(=O)c2ccccc2n2c(SCCCc3cnn(C)c3)nnc12. The zero-order valence-electron chi connectivity index (χ0n) is 17.3. The van der Waals surface area contributed by atoms with Crippen molar-refractivity contribution in [1.82, 2.24) is 28.9 Å². The predicted molar refractivity (Wildman–Crippen MR) is 118 cm³/mol. The maximum absolute atomic E-state index is 13.1. The molecule has 3 aromatic heterocycles. The smallest absolute Gasteiger partial charge is 0.262 e. The van der Waals surface area contributed by atoms with Gasteiger partial charge in [-0.1, -0.05) is 23.9 Å². The number of benzene rings is 1. The van der Waals surface area contributed by atoms with E-state index in [1.54, 1.807) is 16.3 Å². The van der Waals surface area contributed by atoms with Crippen LogP contribution in [0.2, 0.25) is 0 Å². The Bertz CT molecular complexity index is 1200. The van der Waals surface area contributed by atoms with Gasteiger partial charge in [-0.3, -0.25) is 18.4 Å². The lowest BCUT2D eigenvalue weighted by molar-refractivity contribution is 0.141. The van der Waals surface area contributed by atoms with Gasteiger partial charge in [0.05, 0.1) is 17.1 Å². The van der Waals surface area contributed by atoms with Crippen molar-refractivity contribution in [2.75, 3.05) is 19.0 Å². The van der Waals surface area contributed by atoms with E-state index >= 15 is 0 Å². The summed E-state index contributed by atoms with van der Waals surface area (Å²) in [6, 6.07) is 7.66. The average molecular weight is 427 g/mol. The highest BCUT2D eigenvalue weighted by Crippen LogP contribution is 2.22. The van der Waals surface area contributed by atoms with Crippen LogP contribution in [-0.2, 0) is 24.8 Å². The number of hydrogen-bond donors (Lipinski definition) is 0. The van der Waals surface area contributed by atoms with Gasteiger partial charge >= 0.3 is 0 Å². The first kappa shape index (κ1) is 20.6. The van der Waals surface area contributed by atoms with Gasteiger partial charge in [0.15, 0.2) is 5.16 Å². The summed E-state index contributed by atoms with van der Waals surface area (Å²) in [5.74, 6) is 1.50. The lowest BCUT2D eigenvalue weighted by Crippen LogP contribution is -2.24. The van der Waals surface area contributed by atoms with Crippen LogP contribution in [0.1, 0.15) is 25.3 Å². The molecule has 0 N–H and O–H groups in total. The Morgan fingerprint density at radius 3 is 2.83 bits per heavy atom. The van der Waals surface area contributed by atoms with E-state index in [2.05, 4.69) is 15.3 Å². The minimum Gasteiger partial charge on any atom is -0.382 e. The van der Waals surface area contributed by atoms with Gasteiger partial charge in [-0.05, 0) is 43.9 Å². The van der Waals surface area contributed by atoms with Crippen LogP contribution in [0.5, 0.6) is 0 Å². The highest BCUT2D eigenvalue weighted by Gasteiger charge is 2.16. The molecule has 1 aromatic carbocycles. The molecule has 0 aliphatic carbocycles. The number of aryl methyl sites for hydroxylation is 3. The average Bonchev–Trinajstić information content (AvgIpc) is 3.37. The molecule has 0 atom stereocenters. The number of fused-ring (bicyclic) bond motifs is 3. The number of rotatable bonds is 10. The van der Waals surface area contributed by atoms with Gasteiger partial charge in [0.2, 0.25) is 5.78 Å². The van der Waals surface area contributed by atoms with Gasteiger partial charge in [-0.25, -0.2) is 0 Å². The van der Waals surface area contributed by atoms with Gasteiger partial charge in [-0.15, -0.1) is 10.2 Å². The maximum atomic E-state index is 13.1. The molecule has 9 heteroatoms. The number of para-hydroxylation sites is 1. The number of hydrogen-bond acceptors (Lipinski definition) is 6. The number of ether oxygens (including phenoxy) is 1. The molecule has 0 bridgehead atoms. The van der Waals surface area contributed by atoms with Gasteiger partial charge in [0, 0.05) is 38.8 Å². The summed E-state index contributed by atoms with van der Waals surface area (Å²) in [7, 11) is 1.93. The molecule has 0 saturated heterocycles. The Labute approximate surface area is 178 Å². The van der Waals surface area contributed by atoms with E-state index in [0.29, 0.717) is 30.9 Å². The van der Waals surface area contributed by atoms with Crippen molar-refractivity contribution in [3.63, 3.8) is 0 Å². The van der Waals surface area contributed by atoms with Crippen molar-refractivity contribution in [3.05, 3.63) is 52.6 Å². The Morgan fingerprint density at radius 1 is 1.17 bits per heavy atom. The summed E-state index contributed by atoms with van der Waals surface area (Å²) in [6.45, 7) is 3.81. The third-order valence-electron chi connectivity index (χ3n) is 4.95. The molecule has 0 amide bonds. The normalized spacial score (nSPS) is 11.7. The van der Waals surface area contributed by atoms with E-state index in [-0.39, 0.29) is 5.56 Å². The molecule has 0 radical (unpaired) electrons. The fourth-order valence-corrected chi connectivity index (χ4v) is 4.42. The zero-order chi connectivity index (χ0) is 20.9. The van der Waals surface area contributed by atoms with Crippen molar-refractivity contribution in [2.45, 2.75) is 37.9 Å². The standard InChI is InChI=1S/C21H26N6O2S/c1-3-29-12-7-11-26-19(28)17-9-4-5-10-18(17)27-20(26)23-24-21(27)30-13-6-8-16-14-22-25(2)15-16/h4-5,9-10,14-15H,3,6-8,11-13H2,1-2H3. The molecule has 4 rings (SSSR count). The molecular weight excluding hydrogens is 400 g/mol. The topological polar surface area (TPSA) is 79.2 Å². The summed E-state index contributed by atoms with van der Waals surface area (Å²) >= 11 is 1.67. The van der Waals surface area contributed by atoms with Crippen LogP contribution in [0.25, 0.3) is 16.7 Å². The van der Waals surface area contributed by atoms with E-state index in [9.17, 15) is 4.79 Å². The highest BCUT2D eigenvalue weighted by molar-refractivity contribution is 7.99. The molecule has 0 fully saturated rings. The Balaban J connectivity index is 1.59. The minimum absolute atomic E-state index is 0.0323. The highest BCUT2D eigenvalue weighted by atomic mass is 32.2. The fraction of sp³-hybridized carbons (Fsp3) is 0.429. The van der Waals surface area contributed by atoms with Crippen molar-refractivity contribution >= 4 is 28.4 Å². The quantitative estimate of drug-likeness (QED) is 0.287. The van der Waals surface area contributed by atoms with E-state index in [1.807, 2.05) is 59.7 Å². The molecule has 8 nitrogen and oxygen atoms in total. The summed E-state index contributed by atoms with van der Waals surface area (Å²) in [6.07, 6.45) is 6.69. The third kappa shape index (κ3) is 4.27. The van der Waals surface area contributed by atoms with Crippen molar-refractivity contribution < 1.29 is 4.74 Å². The zero-order valence-corrected chi connectivity index (χ0v) is 18.1. The Morgan fingerprint density at radius 2 is 2.03 bits per heavy atom. The van der Waals surface area contributed by atoms with Crippen molar-refractivity contribution in [1.29, 1.82) is 0 Å². The summed E-state index contributed by atoms with van der Waals surface area (Å²) < 4.78 is 11.0. The molecule has 0 saturated carbocycles. The number of aromatic nitrogens is 6. The molecule has 4 aromatic rings. The Kier molecular flexibility index (Phi) is 6.49. The van der Waals surface area contributed by atoms with Crippen LogP contribution < -0.4 is 5.56 Å². The monoisotopic (exact) mass is 426 g/mol. The molecule has 0 aliphatic heterocycles. The van der Waals surface area contributed by atoms with Crippen LogP contribution in [-0.4, -0.2) is 47.9 Å². The van der Waals surface area contributed by atoms with Gasteiger partial charge in [0.1, 0.15) is 0 Å². The second-order valence-electron chi connectivity index (χ2n) is 7.12. The predicted octanol–water partition coefficient (Wildman–Crippen LogP) is 2.93. The van der Waals surface area contributed by atoms with Crippen molar-refractivity contribution in [3.8, 4) is 0 Å². The first-order chi connectivity index (χ1) is 14.7. The van der Waals surface area contributed by atoms with Gasteiger partial charge in [-0.2, -0.15) is 5.10 Å². The van der Waals surface area contributed by atoms with Crippen LogP contribution in [0.4, 0.5) is 0 Å². The van der Waals surface area contributed by atoms with Crippen LogP contribution in [0, 0.1) is 0 Å². The first-order valence-corrected chi connectivity index (χ1v) is 11.2. The molecule has 0 aliphatic rings. The number of thioether (sulfide) groups is 1. The molecule has 0 spiro atoms. The van der Waals surface area contributed by atoms with Crippen LogP contribution >= 0.6 is 11.8 Å². The van der Waals surface area contributed by atoms with E-state index < -0.39 is 0 Å². The second-order valence-corrected chi connectivity index (χ2v) is 8.18. The van der Waals surface area contributed by atoms with Gasteiger partial charge < -0.3 is 4.74 Å². The van der Waals surface area contributed by atoms with Crippen molar-refractivity contribution in [2.24, 2.45) is 7.05 Å². The summed E-state index contributed by atoms with van der Waals surface area (Å²) in [4.78, 5) is 13.1. The summed E-state index contributed by atoms with van der Waals surface area (Å²) in [5.41, 5.74) is 2.05. The summed E-state index contributed by atoms with van der Waals surface area (Å²) in [5, 5.41) is 14.5. The van der Waals surface area contributed by atoms with Crippen LogP contribution in [0.15, 0.2) is 46.6 Å². The largest absolute Gasteiger partial charge is 0.382 e. The van der Waals surface area contributed by atoms with E-state index in [1.165, 1.54) is 5.56 Å². The van der Waals surface area contributed by atoms with E-state index in [4.69, 9.17) is 4.74 Å². The Hall–Kier alpha value is -2.65. The van der Waals surface area contributed by atoms with E-state index in [0.717, 1.165) is 35.7 Å². The number of nitrogens with zero attached hydrogens (tertiary/aromatic N) is 6. The lowest BCUT2D eigenvalue weighted by Gasteiger charge is -2.11. The second kappa shape index (κ2) is 9.44. The van der Waals surface area contributed by atoms with Crippen LogP contribution in [0.3, 0.4) is 0 Å². The first-order valence-electron chi connectivity index (χ1n) is 10.2.